The van der Waals surface area contributed by atoms with E-state index in [1.54, 1.807) is 13.8 Å². The summed E-state index contributed by atoms with van der Waals surface area (Å²) in [5.74, 6) is -0.695. The first-order valence-corrected chi connectivity index (χ1v) is 8.49. The monoisotopic (exact) mass is 350 g/mol. The van der Waals surface area contributed by atoms with Crippen molar-refractivity contribution < 1.29 is 14.3 Å². The van der Waals surface area contributed by atoms with Gasteiger partial charge in [0.2, 0.25) is 0 Å². The van der Waals surface area contributed by atoms with E-state index in [1.165, 1.54) is 7.11 Å². The molecule has 0 saturated heterocycles. The average Bonchev–Trinajstić information content (AvgIpc) is 2.94. The van der Waals surface area contributed by atoms with E-state index >= 15 is 0 Å². The van der Waals surface area contributed by atoms with Crippen LogP contribution in [0.4, 0.5) is 0 Å². The molecule has 2 aromatic carbocycles. The van der Waals surface area contributed by atoms with Crippen LogP contribution in [0.5, 0.6) is 0 Å². The Kier molecular flexibility index (Phi) is 4.80. The molecule has 0 aliphatic carbocycles. The molecule has 1 atom stereocenters. The number of H-pyrrole nitrogens is 1. The lowest BCUT2D eigenvalue weighted by molar-refractivity contribution is 0.0594. The second-order valence-electron chi connectivity index (χ2n) is 6.42. The third-order valence-corrected chi connectivity index (χ3v) is 4.68. The van der Waals surface area contributed by atoms with Crippen LogP contribution in [0.25, 0.3) is 10.8 Å². The molecule has 0 aliphatic heterocycles. The van der Waals surface area contributed by atoms with Crippen LogP contribution in [-0.2, 0) is 4.74 Å². The van der Waals surface area contributed by atoms with E-state index in [2.05, 4.69) is 34.6 Å². The zero-order valence-electron chi connectivity index (χ0n) is 15.3. The topological polar surface area (TPSA) is 71.2 Å². The van der Waals surface area contributed by atoms with Crippen LogP contribution in [0.3, 0.4) is 0 Å². The smallest absolute Gasteiger partial charge is 0.354 e. The van der Waals surface area contributed by atoms with Crippen LogP contribution < -0.4 is 5.32 Å². The third kappa shape index (κ3) is 3.20. The fraction of sp³-hybridized carbons (Fsp3) is 0.238. The van der Waals surface area contributed by atoms with E-state index < -0.39 is 5.97 Å². The average molecular weight is 350 g/mol. The first kappa shape index (κ1) is 17.7. The van der Waals surface area contributed by atoms with Crippen LogP contribution >= 0.6 is 0 Å². The number of aromatic amines is 1. The second-order valence-corrected chi connectivity index (χ2v) is 6.42. The Morgan fingerprint density at radius 2 is 1.77 bits per heavy atom. The summed E-state index contributed by atoms with van der Waals surface area (Å²) in [5, 5.41) is 5.31. The lowest BCUT2D eigenvalue weighted by atomic mass is 10.0. The maximum atomic E-state index is 12.8. The van der Waals surface area contributed by atoms with Gasteiger partial charge in [0.15, 0.2) is 0 Å². The van der Waals surface area contributed by atoms with E-state index in [9.17, 15) is 9.59 Å². The molecule has 0 radical (unpaired) electrons. The van der Waals surface area contributed by atoms with E-state index in [0.717, 1.165) is 16.3 Å². The highest BCUT2D eigenvalue weighted by molar-refractivity contribution is 6.01. The maximum absolute atomic E-state index is 12.8. The molecule has 5 nitrogen and oxygen atoms in total. The van der Waals surface area contributed by atoms with Crippen LogP contribution in [0.2, 0.25) is 0 Å². The molecule has 0 fully saturated rings. The molecule has 2 N–H and O–H groups in total. The summed E-state index contributed by atoms with van der Waals surface area (Å²) in [4.78, 5) is 27.5. The van der Waals surface area contributed by atoms with Gasteiger partial charge in [0.1, 0.15) is 5.69 Å². The highest BCUT2D eigenvalue weighted by Gasteiger charge is 2.23. The third-order valence-electron chi connectivity index (χ3n) is 4.68. The second kappa shape index (κ2) is 7.04. The van der Waals surface area contributed by atoms with Crippen LogP contribution in [0.1, 0.15) is 50.6 Å². The van der Waals surface area contributed by atoms with Crippen LogP contribution in [-0.4, -0.2) is 24.0 Å². The SMILES string of the molecule is COC(=O)c1[nH]c(C)c(C(=O)N[C@H](C)c2ccc3ccccc3c2)c1C. The first-order valence-electron chi connectivity index (χ1n) is 8.49. The molecule has 0 unspecified atom stereocenters. The molecule has 0 spiro atoms. The van der Waals surface area contributed by atoms with Gasteiger partial charge in [-0.25, -0.2) is 4.79 Å². The Hall–Kier alpha value is -3.08. The minimum atomic E-state index is -0.479. The molecular formula is C21H22N2O3. The molecule has 3 rings (SSSR count). The highest BCUT2D eigenvalue weighted by atomic mass is 16.5. The molecule has 5 heteroatoms. The number of amides is 1. The number of aromatic nitrogens is 1. The van der Waals surface area contributed by atoms with E-state index in [-0.39, 0.29) is 11.9 Å². The van der Waals surface area contributed by atoms with Crippen molar-refractivity contribution in [3.63, 3.8) is 0 Å². The number of aryl methyl sites for hydroxylation is 1. The summed E-state index contributed by atoms with van der Waals surface area (Å²) in [7, 11) is 1.32. The van der Waals surface area contributed by atoms with Gasteiger partial charge in [-0.3, -0.25) is 4.79 Å². The van der Waals surface area contributed by atoms with Gasteiger partial charge >= 0.3 is 5.97 Å². The van der Waals surface area contributed by atoms with Crippen molar-refractivity contribution in [2.45, 2.75) is 26.8 Å². The Morgan fingerprint density at radius 3 is 2.46 bits per heavy atom. The predicted octanol–water partition coefficient (Wildman–Crippen LogP) is 4.06. The summed E-state index contributed by atoms with van der Waals surface area (Å²) in [6.07, 6.45) is 0. The van der Waals surface area contributed by atoms with Gasteiger partial charge < -0.3 is 15.0 Å². The van der Waals surface area contributed by atoms with Crippen molar-refractivity contribution in [2.24, 2.45) is 0 Å². The Bertz CT molecular complexity index is 988. The highest BCUT2D eigenvalue weighted by Crippen LogP contribution is 2.23. The molecule has 3 aromatic rings. The number of fused-ring (bicyclic) bond motifs is 1. The molecule has 1 heterocycles. The van der Waals surface area contributed by atoms with Crippen molar-refractivity contribution >= 4 is 22.6 Å². The van der Waals surface area contributed by atoms with Crippen LogP contribution in [0, 0.1) is 13.8 Å². The van der Waals surface area contributed by atoms with E-state index in [0.29, 0.717) is 22.5 Å². The number of hydrogen-bond acceptors (Lipinski definition) is 3. The quantitative estimate of drug-likeness (QED) is 0.697. The summed E-state index contributed by atoms with van der Waals surface area (Å²) in [5.41, 5.74) is 3.06. The summed E-state index contributed by atoms with van der Waals surface area (Å²) in [6, 6.07) is 14.1. The number of hydrogen-bond donors (Lipinski definition) is 2. The van der Waals surface area contributed by atoms with Crippen molar-refractivity contribution in [1.29, 1.82) is 0 Å². The number of esters is 1. The molecule has 1 aromatic heterocycles. The van der Waals surface area contributed by atoms with Gasteiger partial charge in [-0.2, -0.15) is 0 Å². The Balaban J connectivity index is 1.85. The zero-order chi connectivity index (χ0) is 18.8. The van der Waals surface area contributed by atoms with Gasteiger partial charge in [0, 0.05) is 5.69 Å². The molecule has 0 aliphatic rings. The summed E-state index contributed by atoms with van der Waals surface area (Å²) >= 11 is 0. The van der Waals surface area contributed by atoms with Gasteiger partial charge in [-0.05, 0) is 48.7 Å². The standard InChI is InChI=1S/C21H22N2O3/c1-12-18(14(3)22-19(12)21(25)26-4)20(24)23-13(2)16-10-9-15-7-5-6-8-17(15)11-16/h5-11,13,22H,1-4H3,(H,23,24)/t13-/m1/s1. The molecule has 26 heavy (non-hydrogen) atoms. The largest absolute Gasteiger partial charge is 0.464 e. The summed E-state index contributed by atoms with van der Waals surface area (Å²) in [6.45, 7) is 5.46. The molecular weight excluding hydrogens is 328 g/mol. The van der Waals surface area contributed by atoms with Crippen LogP contribution in [0.15, 0.2) is 42.5 Å². The Labute approximate surface area is 152 Å². The number of methoxy groups -OCH3 is 1. The Morgan fingerprint density at radius 1 is 1.08 bits per heavy atom. The minimum absolute atomic E-state index is 0.164. The normalized spacial score (nSPS) is 12.0. The number of carbonyl (C=O) groups is 2. The summed E-state index contributed by atoms with van der Waals surface area (Å²) < 4.78 is 4.75. The maximum Gasteiger partial charge on any atom is 0.354 e. The molecule has 1 amide bonds. The lowest BCUT2D eigenvalue weighted by Crippen LogP contribution is -2.27. The van der Waals surface area contributed by atoms with Crippen molar-refractivity contribution in [3.8, 4) is 0 Å². The van der Waals surface area contributed by atoms with Gasteiger partial charge in [0.05, 0.1) is 18.7 Å². The number of ether oxygens (including phenoxy) is 1. The predicted molar refractivity (Wildman–Crippen MR) is 101 cm³/mol. The van der Waals surface area contributed by atoms with Crippen molar-refractivity contribution in [2.75, 3.05) is 7.11 Å². The van der Waals surface area contributed by atoms with Gasteiger partial charge in [-0.1, -0.05) is 36.4 Å². The number of benzene rings is 2. The van der Waals surface area contributed by atoms with E-state index in [1.807, 2.05) is 25.1 Å². The number of rotatable bonds is 4. The number of carbonyl (C=O) groups excluding carboxylic acids is 2. The minimum Gasteiger partial charge on any atom is -0.464 e. The molecule has 134 valence electrons. The first-order chi connectivity index (χ1) is 12.4. The molecule has 0 saturated carbocycles. The van der Waals surface area contributed by atoms with E-state index in [4.69, 9.17) is 4.74 Å². The van der Waals surface area contributed by atoms with Gasteiger partial charge in [0.25, 0.3) is 5.91 Å². The fourth-order valence-corrected chi connectivity index (χ4v) is 3.23. The molecule has 0 bridgehead atoms. The van der Waals surface area contributed by atoms with Gasteiger partial charge in [-0.15, -0.1) is 0 Å². The zero-order valence-corrected chi connectivity index (χ0v) is 15.3. The lowest BCUT2D eigenvalue weighted by Gasteiger charge is -2.15. The fourth-order valence-electron chi connectivity index (χ4n) is 3.23. The number of nitrogens with one attached hydrogen (secondary N) is 2. The van der Waals surface area contributed by atoms with Crippen molar-refractivity contribution in [1.82, 2.24) is 10.3 Å². The van der Waals surface area contributed by atoms with Crippen molar-refractivity contribution in [3.05, 3.63) is 70.5 Å².